The minimum Gasteiger partial charge on any atom is -0.481 e. The highest BCUT2D eigenvalue weighted by Crippen LogP contribution is 2.21. The molecule has 2 heterocycles. The maximum Gasteiger partial charge on any atom is 0.213 e. The summed E-state index contributed by atoms with van der Waals surface area (Å²) in [4.78, 5) is 6.99. The van der Waals surface area contributed by atoms with Crippen LogP contribution in [0.1, 0.15) is 16.8 Å². The normalized spacial score (nSPS) is 15.0. The quantitative estimate of drug-likeness (QED) is 0.842. The molecule has 0 bridgehead atoms. The number of methoxy groups -OCH3 is 1. The van der Waals surface area contributed by atoms with Crippen LogP contribution in [0.2, 0.25) is 0 Å². The van der Waals surface area contributed by atoms with E-state index in [-0.39, 0.29) is 0 Å². The first-order valence-electron chi connectivity index (χ1n) is 6.64. The zero-order chi connectivity index (χ0) is 13.1. The lowest BCUT2D eigenvalue weighted by Crippen LogP contribution is -2.30. The first-order chi connectivity index (χ1) is 9.35. The number of benzene rings is 1. The van der Waals surface area contributed by atoms with Crippen molar-refractivity contribution in [1.29, 1.82) is 0 Å². The lowest BCUT2D eigenvalue weighted by atomic mass is 10.0. The van der Waals surface area contributed by atoms with Gasteiger partial charge in [0.15, 0.2) is 0 Å². The molecule has 0 N–H and O–H groups in total. The van der Waals surface area contributed by atoms with Crippen LogP contribution >= 0.6 is 0 Å². The highest BCUT2D eigenvalue weighted by Gasteiger charge is 2.17. The van der Waals surface area contributed by atoms with Crippen LogP contribution in [-0.4, -0.2) is 23.5 Å². The molecule has 1 aliphatic rings. The van der Waals surface area contributed by atoms with Crippen molar-refractivity contribution < 1.29 is 4.74 Å². The summed E-state index contributed by atoms with van der Waals surface area (Å²) in [5.41, 5.74) is 3.87. The van der Waals surface area contributed by atoms with Crippen LogP contribution in [-0.2, 0) is 19.5 Å². The standard InChI is InChI=1S/C16H18N2O/c1-19-16-8-7-14-12-18(10-9-15(14)17-16)11-13-5-3-2-4-6-13/h2-8H,9-12H2,1H3. The van der Waals surface area contributed by atoms with Crippen LogP contribution < -0.4 is 4.74 Å². The van der Waals surface area contributed by atoms with E-state index in [9.17, 15) is 0 Å². The molecule has 0 amide bonds. The molecule has 3 rings (SSSR count). The minimum absolute atomic E-state index is 0.718. The van der Waals surface area contributed by atoms with E-state index in [1.807, 2.05) is 6.07 Å². The maximum atomic E-state index is 5.18. The Kier molecular flexibility index (Phi) is 3.47. The summed E-state index contributed by atoms with van der Waals surface area (Å²) in [6, 6.07) is 14.7. The Morgan fingerprint density at radius 1 is 1.16 bits per heavy atom. The molecule has 0 saturated carbocycles. The first-order valence-corrected chi connectivity index (χ1v) is 6.64. The van der Waals surface area contributed by atoms with Gasteiger partial charge in [0.25, 0.3) is 0 Å². The molecule has 1 aromatic carbocycles. The Labute approximate surface area is 113 Å². The van der Waals surface area contributed by atoms with Crippen molar-refractivity contribution >= 4 is 0 Å². The number of hydrogen-bond donors (Lipinski definition) is 0. The first kappa shape index (κ1) is 12.2. The second-order valence-electron chi connectivity index (χ2n) is 4.91. The Hall–Kier alpha value is -1.87. The van der Waals surface area contributed by atoms with Gasteiger partial charge in [0.1, 0.15) is 0 Å². The van der Waals surface area contributed by atoms with Gasteiger partial charge in [-0.25, -0.2) is 4.98 Å². The van der Waals surface area contributed by atoms with E-state index in [0.717, 1.165) is 31.9 Å². The van der Waals surface area contributed by atoms with E-state index in [1.54, 1.807) is 7.11 Å². The van der Waals surface area contributed by atoms with Crippen LogP contribution in [0.5, 0.6) is 5.88 Å². The highest BCUT2D eigenvalue weighted by atomic mass is 16.5. The second-order valence-corrected chi connectivity index (χ2v) is 4.91. The van der Waals surface area contributed by atoms with Crippen molar-refractivity contribution in [3.63, 3.8) is 0 Å². The molecule has 19 heavy (non-hydrogen) atoms. The topological polar surface area (TPSA) is 25.4 Å². The summed E-state index contributed by atoms with van der Waals surface area (Å²) in [7, 11) is 1.67. The molecule has 0 spiro atoms. The zero-order valence-electron chi connectivity index (χ0n) is 11.2. The number of rotatable bonds is 3. The molecule has 98 valence electrons. The molecule has 0 saturated heterocycles. The monoisotopic (exact) mass is 254 g/mol. The number of fused-ring (bicyclic) bond motifs is 1. The Balaban J connectivity index is 1.72. The molecule has 0 fully saturated rings. The van der Waals surface area contributed by atoms with Crippen LogP contribution in [0.25, 0.3) is 0 Å². The fourth-order valence-electron chi connectivity index (χ4n) is 2.54. The smallest absolute Gasteiger partial charge is 0.213 e. The molecule has 3 heteroatoms. The fourth-order valence-corrected chi connectivity index (χ4v) is 2.54. The van der Waals surface area contributed by atoms with E-state index < -0.39 is 0 Å². The third-order valence-electron chi connectivity index (χ3n) is 3.56. The lowest BCUT2D eigenvalue weighted by molar-refractivity contribution is 0.242. The van der Waals surface area contributed by atoms with E-state index in [2.05, 4.69) is 46.3 Å². The van der Waals surface area contributed by atoms with Crippen LogP contribution in [0, 0.1) is 0 Å². The van der Waals surface area contributed by atoms with Crippen molar-refractivity contribution in [2.45, 2.75) is 19.5 Å². The molecular weight excluding hydrogens is 236 g/mol. The lowest BCUT2D eigenvalue weighted by Gasteiger charge is -2.28. The van der Waals surface area contributed by atoms with Crippen molar-refractivity contribution in [2.75, 3.05) is 13.7 Å². The number of pyridine rings is 1. The van der Waals surface area contributed by atoms with Gasteiger partial charge in [-0.15, -0.1) is 0 Å². The van der Waals surface area contributed by atoms with Gasteiger partial charge in [-0.05, 0) is 11.1 Å². The van der Waals surface area contributed by atoms with Crippen LogP contribution in [0.15, 0.2) is 42.5 Å². The van der Waals surface area contributed by atoms with Gasteiger partial charge < -0.3 is 4.74 Å². The van der Waals surface area contributed by atoms with E-state index in [4.69, 9.17) is 4.74 Å². The maximum absolute atomic E-state index is 5.18. The van der Waals surface area contributed by atoms with E-state index >= 15 is 0 Å². The van der Waals surface area contributed by atoms with E-state index in [0.29, 0.717) is 0 Å². The molecule has 0 aliphatic carbocycles. The third kappa shape index (κ3) is 2.76. The predicted molar refractivity (Wildman–Crippen MR) is 75.0 cm³/mol. The number of ether oxygens (including phenoxy) is 1. The Morgan fingerprint density at radius 2 is 2.00 bits per heavy atom. The Bertz CT molecular complexity index is 554. The summed E-state index contributed by atoms with van der Waals surface area (Å²) >= 11 is 0. The number of hydrogen-bond acceptors (Lipinski definition) is 3. The molecule has 0 unspecified atom stereocenters. The number of aromatic nitrogens is 1. The average Bonchev–Trinajstić information content (AvgIpc) is 2.48. The Morgan fingerprint density at radius 3 is 2.79 bits per heavy atom. The predicted octanol–water partition coefficient (Wildman–Crippen LogP) is 2.65. The summed E-state index contributed by atoms with van der Waals surface area (Å²) in [5, 5.41) is 0. The van der Waals surface area contributed by atoms with Crippen LogP contribution in [0.3, 0.4) is 0 Å². The largest absolute Gasteiger partial charge is 0.481 e. The minimum atomic E-state index is 0.718. The summed E-state index contributed by atoms with van der Waals surface area (Å²) in [6.07, 6.45) is 0.999. The molecular formula is C16H18N2O. The molecule has 3 nitrogen and oxygen atoms in total. The van der Waals surface area contributed by atoms with Gasteiger partial charge in [0.05, 0.1) is 12.8 Å². The summed E-state index contributed by atoms with van der Waals surface area (Å²) < 4.78 is 5.18. The molecule has 0 atom stereocenters. The van der Waals surface area contributed by atoms with E-state index in [1.165, 1.54) is 16.8 Å². The molecule has 1 aliphatic heterocycles. The third-order valence-corrected chi connectivity index (χ3v) is 3.56. The summed E-state index contributed by atoms with van der Waals surface area (Å²) in [6.45, 7) is 3.04. The van der Waals surface area contributed by atoms with Gasteiger partial charge in [-0.3, -0.25) is 4.90 Å². The van der Waals surface area contributed by atoms with Gasteiger partial charge in [0.2, 0.25) is 5.88 Å². The SMILES string of the molecule is COc1ccc2c(n1)CCN(Cc1ccccc1)C2. The number of nitrogens with zero attached hydrogens (tertiary/aromatic N) is 2. The van der Waals surface area contributed by atoms with Crippen molar-refractivity contribution in [1.82, 2.24) is 9.88 Å². The van der Waals surface area contributed by atoms with Crippen molar-refractivity contribution in [2.24, 2.45) is 0 Å². The fraction of sp³-hybridized carbons (Fsp3) is 0.312. The highest BCUT2D eigenvalue weighted by molar-refractivity contribution is 5.28. The summed E-state index contributed by atoms with van der Waals surface area (Å²) in [5.74, 6) is 0.718. The van der Waals surface area contributed by atoms with Gasteiger partial charge in [0, 0.05) is 32.1 Å². The van der Waals surface area contributed by atoms with Gasteiger partial charge >= 0.3 is 0 Å². The van der Waals surface area contributed by atoms with Crippen molar-refractivity contribution in [3.05, 3.63) is 59.3 Å². The molecule has 0 radical (unpaired) electrons. The molecule has 2 aromatic rings. The van der Waals surface area contributed by atoms with Crippen molar-refractivity contribution in [3.8, 4) is 5.88 Å². The van der Waals surface area contributed by atoms with Gasteiger partial charge in [-0.2, -0.15) is 0 Å². The average molecular weight is 254 g/mol. The van der Waals surface area contributed by atoms with Crippen LogP contribution in [0.4, 0.5) is 0 Å². The second kappa shape index (κ2) is 5.41. The molecule has 1 aromatic heterocycles. The van der Waals surface area contributed by atoms with Gasteiger partial charge in [-0.1, -0.05) is 36.4 Å². The zero-order valence-corrected chi connectivity index (χ0v) is 11.2.